The third-order valence-electron chi connectivity index (χ3n) is 3.22. The van der Waals surface area contributed by atoms with E-state index in [4.69, 9.17) is 4.74 Å². The zero-order valence-corrected chi connectivity index (χ0v) is 10.2. The van der Waals surface area contributed by atoms with Gasteiger partial charge in [-0.05, 0) is 13.0 Å². The molecule has 2 heterocycles. The molecule has 0 bridgehead atoms. The molecular weight excluding hydrogens is 230 g/mol. The van der Waals surface area contributed by atoms with Gasteiger partial charge in [-0.3, -0.25) is 9.89 Å². The van der Waals surface area contributed by atoms with Gasteiger partial charge in [0.15, 0.2) is 5.69 Å². The number of carbonyl (C=O) groups is 1. The maximum absolute atomic E-state index is 11.8. The van der Waals surface area contributed by atoms with E-state index >= 15 is 0 Å². The zero-order chi connectivity index (χ0) is 12.7. The van der Waals surface area contributed by atoms with Gasteiger partial charge in [0.2, 0.25) is 0 Å². The fraction of sp³-hybridized carbons (Fsp3) is 0.231. The first kappa shape index (κ1) is 10.8. The smallest absolute Gasteiger partial charge is 0.272 e. The Hall–Kier alpha value is -2.30. The fourth-order valence-electron chi connectivity index (χ4n) is 2.37. The summed E-state index contributed by atoms with van der Waals surface area (Å²) in [6.07, 6.45) is 0. The molecule has 5 heteroatoms. The summed E-state index contributed by atoms with van der Waals surface area (Å²) in [6.45, 7) is 1.91. The first-order valence-corrected chi connectivity index (χ1v) is 5.71. The maximum atomic E-state index is 11.8. The van der Waals surface area contributed by atoms with Gasteiger partial charge < -0.3 is 10.1 Å². The third-order valence-corrected chi connectivity index (χ3v) is 3.22. The number of amides is 1. The van der Waals surface area contributed by atoms with Crippen molar-refractivity contribution in [3.63, 3.8) is 0 Å². The summed E-state index contributed by atoms with van der Waals surface area (Å²) in [4.78, 5) is 11.8. The molecule has 2 aromatic rings. The topological polar surface area (TPSA) is 67.0 Å². The molecule has 1 aromatic heterocycles. The van der Waals surface area contributed by atoms with Crippen molar-refractivity contribution in [2.45, 2.75) is 13.0 Å². The van der Waals surface area contributed by atoms with Crippen LogP contribution >= 0.6 is 0 Å². The van der Waals surface area contributed by atoms with Crippen molar-refractivity contribution in [1.82, 2.24) is 15.5 Å². The molecule has 0 spiro atoms. The standard InChI is InChI=1S/C13H13N3O2/c1-7-10-11(14-13(17)12(10)16-15-7)8-5-3-4-6-9(8)18-2/h3-6,11H,1-2H3,(H,14,17)(H,15,16). The largest absolute Gasteiger partial charge is 0.496 e. The highest BCUT2D eigenvalue weighted by molar-refractivity contribution is 5.98. The molecule has 1 unspecified atom stereocenters. The van der Waals surface area contributed by atoms with Gasteiger partial charge in [-0.1, -0.05) is 18.2 Å². The Labute approximate surface area is 104 Å². The van der Waals surface area contributed by atoms with Gasteiger partial charge in [-0.25, -0.2) is 0 Å². The molecule has 92 valence electrons. The highest BCUT2D eigenvalue weighted by Gasteiger charge is 2.35. The number of nitrogens with one attached hydrogen (secondary N) is 2. The SMILES string of the molecule is COc1ccccc1C1NC(=O)c2n[nH]c(C)c21. The molecule has 0 aliphatic carbocycles. The number of H-pyrrole nitrogens is 1. The number of carbonyl (C=O) groups excluding carboxylic acids is 1. The number of aromatic amines is 1. The molecule has 1 amide bonds. The van der Waals surface area contributed by atoms with Gasteiger partial charge in [-0.2, -0.15) is 5.10 Å². The lowest BCUT2D eigenvalue weighted by molar-refractivity contribution is 0.0955. The van der Waals surface area contributed by atoms with E-state index in [1.807, 2.05) is 31.2 Å². The lowest BCUT2D eigenvalue weighted by Crippen LogP contribution is -2.21. The first-order chi connectivity index (χ1) is 8.72. The van der Waals surface area contributed by atoms with Crippen LogP contribution < -0.4 is 10.1 Å². The summed E-state index contributed by atoms with van der Waals surface area (Å²) in [5.41, 5.74) is 3.23. The minimum atomic E-state index is -0.192. The number of aromatic nitrogens is 2. The molecule has 1 atom stereocenters. The minimum absolute atomic E-state index is 0.148. The van der Waals surface area contributed by atoms with Crippen LogP contribution in [0.4, 0.5) is 0 Å². The van der Waals surface area contributed by atoms with E-state index in [-0.39, 0.29) is 11.9 Å². The Morgan fingerprint density at radius 3 is 2.89 bits per heavy atom. The molecule has 1 aliphatic heterocycles. The lowest BCUT2D eigenvalue weighted by Gasteiger charge is -2.15. The van der Waals surface area contributed by atoms with Gasteiger partial charge in [0, 0.05) is 16.8 Å². The minimum Gasteiger partial charge on any atom is -0.496 e. The van der Waals surface area contributed by atoms with Crippen LogP contribution in [0.1, 0.15) is 33.4 Å². The van der Waals surface area contributed by atoms with E-state index in [0.29, 0.717) is 5.69 Å². The average molecular weight is 243 g/mol. The van der Waals surface area contributed by atoms with E-state index in [1.54, 1.807) is 7.11 Å². The normalized spacial score (nSPS) is 17.4. The van der Waals surface area contributed by atoms with E-state index in [2.05, 4.69) is 15.5 Å². The van der Waals surface area contributed by atoms with Crippen molar-refractivity contribution in [1.29, 1.82) is 0 Å². The molecule has 18 heavy (non-hydrogen) atoms. The number of aryl methyl sites for hydroxylation is 1. The molecule has 0 saturated carbocycles. The second-order valence-corrected chi connectivity index (χ2v) is 4.26. The van der Waals surface area contributed by atoms with Crippen LogP contribution in [0.25, 0.3) is 0 Å². The van der Waals surface area contributed by atoms with Crippen molar-refractivity contribution in [3.8, 4) is 5.75 Å². The Morgan fingerprint density at radius 2 is 2.11 bits per heavy atom. The molecule has 0 saturated heterocycles. The van der Waals surface area contributed by atoms with Crippen LogP contribution in [0.2, 0.25) is 0 Å². The summed E-state index contributed by atoms with van der Waals surface area (Å²) in [7, 11) is 1.62. The van der Waals surface area contributed by atoms with Gasteiger partial charge in [0.25, 0.3) is 5.91 Å². The predicted octanol–water partition coefficient (Wildman–Crippen LogP) is 1.56. The van der Waals surface area contributed by atoms with E-state index < -0.39 is 0 Å². The first-order valence-electron chi connectivity index (χ1n) is 5.71. The Kier molecular flexibility index (Phi) is 2.33. The van der Waals surface area contributed by atoms with Crippen LogP contribution in [-0.4, -0.2) is 23.2 Å². The van der Waals surface area contributed by atoms with Gasteiger partial charge in [-0.15, -0.1) is 0 Å². The zero-order valence-electron chi connectivity index (χ0n) is 10.2. The van der Waals surface area contributed by atoms with Gasteiger partial charge >= 0.3 is 0 Å². The second kappa shape index (κ2) is 3.87. The molecule has 2 N–H and O–H groups in total. The van der Waals surface area contributed by atoms with Crippen LogP contribution in [0.3, 0.4) is 0 Å². The van der Waals surface area contributed by atoms with Crippen LogP contribution in [0, 0.1) is 6.92 Å². The molecule has 5 nitrogen and oxygen atoms in total. The number of hydrogen-bond donors (Lipinski definition) is 2. The van der Waals surface area contributed by atoms with Crippen LogP contribution in [-0.2, 0) is 0 Å². The summed E-state index contributed by atoms with van der Waals surface area (Å²) in [6, 6.07) is 7.47. The highest BCUT2D eigenvalue weighted by Crippen LogP contribution is 2.36. The summed E-state index contributed by atoms with van der Waals surface area (Å²) in [5.74, 6) is 0.613. The molecule has 0 radical (unpaired) electrons. The van der Waals surface area contributed by atoms with E-state index in [9.17, 15) is 4.79 Å². The summed E-state index contributed by atoms with van der Waals surface area (Å²) >= 11 is 0. The predicted molar refractivity (Wildman–Crippen MR) is 65.6 cm³/mol. The monoisotopic (exact) mass is 243 g/mol. The number of para-hydroxylation sites is 1. The Morgan fingerprint density at radius 1 is 1.33 bits per heavy atom. The number of fused-ring (bicyclic) bond motifs is 1. The van der Waals surface area contributed by atoms with Crippen LogP contribution in [0.5, 0.6) is 5.75 Å². The second-order valence-electron chi connectivity index (χ2n) is 4.26. The number of nitrogens with zero attached hydrogens (tertiary/aromatic N) is 1. The lowest BCUT2D eigenvalue weighted by atomic mass is 9.99. The number of methoxy groups -OCH3 is 1. The Balaban J connectivity index is 2.14. The van der Waals surface area contributed by atoms with E-state index in [1.165, 1.54) is 0 Å². The van der Waals surface area contributed by atoms with Gasteiger partial charge in [0.1, 0.15) is 5.75 Å². The quantitative estimate of drug-likeness (QED) is 0.841. The van der Waals surface area contributed by atoms with Crippen molar-refractivity contribution < 1.29 is 9.53 Å². The highest BCUT2D eigenvalue weighted by atomic mass is 16.5. The number of hydrogen-bond acceptors (Lipinski definition) is 3. The number of benzene rings is 1. The molecule has 0 fully saturated rings. The van der Waals surface area contributed by atoms with Crippen LogP contribution in [0.15, 0.2) is 24.3 Å². The molecule has 1 aromatic carbocycles. The fourth-order valence-corrected chi connectivity index (χ4v) is 2.37. The third kappa shape index (κ3) is 1.40. The van der Waals surface area contributed by atoms with Crippen molar-refractivity contribution >= 4 is 5.91 Å². The maximum Gasteiger partial charge on any atom is 0.272 e. The summed E-state index contributed by atoms with van der Waals surface area (Å²) in [5, 5.41) is 9.82. The number of ether oxygens (including phenoxy) is 1. The van der Waals surface area contributed by atoms with Crippen molar-refractivity contribution in [2.75, 3.05) is 7.11 Å². The number of rotatable bonds is 2. The average Bonchev–Trinajstić information content (AvgIpc) is 2.92. The molecule has 3 rings (SSSR count). The summed E-state index contributed by atoms with van der Waals surface area (Å²) < 4.78 is 5.34. The van der Waals surface area contributed by atoms with Gasteiger partial charge in [0.05, 0.1) is 13.2 Å². The molecular formula is C13H13N3O2. The van der Waals surface area contributed by atoms with Crippen molar-refractivity contribution in [3.05, 3.63) is 46.8 Å². The van der Waals surface area contributed by atoms with E-state index in [0.717, 1.165) is 22.6 Å². The van der Waals surface area contributed by atoms with Crippen molar-refractivity contribution in [2.24, 2.45) is 0 Å². The molecule has 1 aliphatic rings. The Bertz CT molecular complexity index is 618.